The SMILES string of the molecule is Cc1c(-c2ccccc2)[nH]c(-c2cccc([N+](=O)[O-])c2)[n+]1O. The van der Waals surface area contributed by atoms with Gasteiger partial charge in [0, 0.05) is 24.6 Å². The minimum absolute atomic E-state index is 0.0222. The average molecular weight is 296 g/mol. The zero-order chi connectivity index (χ0) is 15.7. The van der Waals surface area contributed by atoms with Crippen LogP contribution in [0.25, 0.3) is 22.6 Å². The maximum Gasteiger partial charge on any atom is 0.327 e. The molecule has 2 N–H and O–H groups in total. The average Bonchev–Trinajstić information content (AvgIpc) is 2.84. The van der Waals surface area contributed by atoms with Gasteiger partial charge in [0.1, 0.15) is 0 Å². The van der Waals surface area contributed by atoms with Crippen LogP contribution in [-0.2, 0) is 0 Å². The summed E-state index contributed by atoms with van der Waals surface area (Å²) in [4.78, 5) is 13.6. The Bertz CT molecular complexity index is 841. The molecule has 0 fully saturated rings. The molecular formula is C16H14N3O3+. The van der Waals surface area contributed by atoms with Crippen LogP contribution < -0.4 is 4.73 Å². The van der Waals surface area contributed by atoms with Gasteiger partial charge in [-0.25, -0.2) is 4.98 Å². The monoisotopic (exact) mass is 296 g/mol. The van der Waals surface area contributed by atoms with Crippen molar-refractivity contribution in [3.8, 4) is 22.6 Å². The molecule has 22 heavy (non-hydrogen) atoms. The van der Waals surface area contributed by atoms with E-state index in [9.17, 15) is 15.3 Å². The molecule has 0 radical (unpaired) electrons. The van der Waals surface area contributed by atoms with Gasteiger partial charge >= 0.3 is 5.82 Å². The van der Waals surface area contributed by atoms with Crippen LogP contribution in [0.3, 0.4) is 0 Å². The van der Waals surface area contributed by atoms with Gasteiger partial charge in [-0.15, -0.1) is 0 Å². The predicted octanol–water partition coefficient (Wildman–Crippen LogP) is 3.09. The van der Waals surface area contributed by atoms with Crippen molar-refractivity contribution in [2.24, 2.45) is 0 Å². The zero-order valence-corrected chi connectivity index (χ0v) is 11.9. The molecule has 0 saturated carbocycles. The second-order valence-corrected chi connectivity index (χ2v) is 4.92. The van der Waals surface area contributed by atoms with E-state index < -0.39 is 4.92 Å². The molecule has 0 unspecified atom stereocenters. The highest BCUT2D eigenvalue weighted by Gasteiger charge is 2.25. The van der Waals surface area contributed by atoms with Crippen molar-refractivity contribution in [2.45, 2.75) is 6.92 Å². The fourth-order valence-electron chi connectivity index (χ4n) is 2.38. The van der Waals surface area contributed by atoms with Crippen LogP contribution in [0.4, 0.5) is 5.69 Å². The predicted molar refractivity (Wildman–Crippen MR) is 80.4 cm³/mol. The molecule has 0 bridgehead atoms. The number of benzene rings is 2. The summed E-state index contributed by atoms with van der Waals surface area (Å²) in [6, 6.07) is 15.7. The Balaban J connectivity index is 2.13. The minimum atomic E-state index is -0.459. The molecule has 6 nitrogen and oxygen atoms in total. The molecule has 3 rings (SSSR count). The maximum atomic E-state index is 10.9. The number of hydrogen-bond donors (Lipinski definition) is 2. The van der Waals surface area contributed by atoms with Gasteiger partial charge < -0.3 is 5.21 Å². The molecule has 1 heterocycles. The lowest BCUT2D eigenvalue weighted by Gasteiger charge is -1.95. The number of nitrogens with one attached hydrogen (secondary N) is 1. The van der Waals surface area contributed by atoms with E-state index in [-0.39, 0.29) is 5.69 Å². The van der Waals surface area contributed by atoms with Crippen molar-refractivity contribution in [2.75, 3.05) is 0 Å². The summed E-state index contributed by atoms with van der Waals surface area (Å²) < 4.78 is 1.02. The van der Waals surface area contributed by atoms with E-state index in [4.69, 9.17) is 0 Å². The Hall–Kier alpha value is -3.15. The van der Waals surface area contributed by atoms with Gasteiger partial charge in [0.2, 0.25) is 0 Å². The summed E-state index contributed by atoms with van der Waals surface area (Å²) in [7, 11) is 0. The molecule has 2 aromatic carbocycles. The molecular weight excluding hydrogens is 282 g/mol. The first kappa shape index (κ1) is 13.8. The lowest BCUT2D eigenvalue weighted by atomic mass is 10.1. The fourth-order valence-corrected chi connectivity index (χ4v) is 2.38. The Morgan fingerprint density at radius 1 is 1.09 bits per heavy atom. The van der Waals surface area contributed by atoms with Crippen molar-refractivity contribution < 1.29 is 14.9 Å². The van der Waals surface area contributed by atoms with Crippen LogP contribution in [-0.4, -0.2) is 15.1 Å². The molecule has 0 saturated heterocycles. The number of aromatic nitrogens is 2. The third-order valence-electron chi connectivity index (χ3n) is 3.53. The van der Waals surface area contributed by atoms with E-state index in [1.54, 1.807) is 19.1 Å². The Morgan fingerprint density at radius 3 is 2.45 bits per heavy atom. The molecule has 1 aromatic heterocycles. The molecule has 0 spiro atoms. The summed E-state index contributed by atoms with van der Waals surface area (Å²) >= 11 is 0. The number of nitrogens with zero attached hydrogens (tertiary/aromatic N) is 2. The van der Waals surface area contributed by atoms with Gasteiger partial charge in [-0.3, -0.25) is 10.1 Å². The van der Waals surface area contributed by atoms with Crippen molar-refractivity contribution >= 4 is 5.69 Å². The quantitative estimate of drug-likeness (QED) is 0.337. The summed E-state index contributed by atoms with van der Waals surface area (Å²) in [5.74, 6) is 0.403. The number of non-ortho nitro benzene ring substituents is 1. The van der Waals surface area contributed by atoms with Gasteiger partial charge in [-0.1, -0.05) is 36.4 Å². The highest BCUT2D eigenvalue weighted by atomic mass is 16.6. The molecule has 3 aromatic rings. The third-order valence-corrected chi connectivity index (χ3v) is 3.53. The molecule has 0 aliphatic carbocycles. The molecule has 0 amide bonds. The van der Waals surface area contributed by atoms with Crippen molar-refractivity contribution in [1.29, 1.82) is 0 Å². The number of hydrogen-bond acceptors (Lipinski definition) is 3. The number of aromatic amines is 1. The van der Waals surface area contributed by atoms with E-state index in [0.29, 0.717) is 17.1 Å². The molecule has 6 heteroatoms. The largest absolute Gasteiger partial charge is 0.349 e. The molecule has 0 atom stereocenters. The molecule has 0 aliphatic heterocycles. The second-order valence-electron chi connectivity index (χ2n) is 4.92. The van der Waals surface area contributed by atoms with Crippen LogP contribution in [0.2, 0.25) is 0 Å². The van der Waals surface area contributed by atoms with Gasteiger partial charge in [0.25, 0.3) is 5.69 Å². The summed E-state index contributed by atoms with van der Waals surface area (Å²) in [6.07, 6.45) is 0. The first-order valence-corrected chi connectivity index (χ1v) is 6.72. The summed E-state index contributed by atoms with van der Waals surface area (Å²) in [5, 5.41) is 21.2. The topological polar surface area (TPSA) is 83.0 Å². The van der Waals surface area contributed by atoms with E-state index >= 15 is 0 Å². The first-order valence-electron chi connectivity index (χ1n) is 6.72. The third kappa shape index (κ3) is 2.31. The van der Waals surface area contributed by atoms with Gasteiger partial charge in [-0.2, -0.15) is 0 Å². The normalized spacial score (nSPS) is 10.6. The smallest absolute Gasteiger partial charge is 0.327 e. The number of nitro groups is 1. The van der Waals surface area contributed by atoms with Crippen LogP contribution in [0.5, 0.6) is 0 Å². The van der Waals surface area contributed by atoms with Gasteiger partial charge in [0.05, 0.1) is 10.5 Å². The summed E-state index contributed by atoms with van der Waals surface area (Å²) in [6.45, 7) is 1.78. The van der Waals surface area contributed by atoms with Crippen LogP contribution in [0.15, 0.2) is 54.6 Å². The van der Waals surface area contributed by atoms with Crippen LogP contribution in [0.1, 0.15) is 5.69 Å². The maximum absolute atomic E-state index is 10.9. The molecule has 0 aliphatic rings. The Kier molecular flexibility index (Phi) is 3.34. The number of nitro benzene ring substituents is 1. The lowest BCUT2D eigenvalue weighted by Crippen LogP contribution is -2.33. The highest BCUT2D eigenvalue weighted by Crippen LogP contribution is 2.25. The number of H-pyrrole nitrogens is 1. The van der Waals surface area contributed by atoms with Gasteiger partial charge in [0.15, 0.2) is 11.4 Å². The summed E-state index contributed by atoms with van der Waals surface area (Å²) in [5.41, 5.74) is 2.85. The van der Waals surface area contributed by atoms with Gasteiger partial charge in [-0.05, 0) is 10.8 Å². The minimum Gasteiger partial charge on any atom is -0.349 e. The zero-order valence-electron chi connectivity index (χ0n) is 11.9. The van der Waals surface area contributed by atoms with Crippen LogP contribution >= 0.6 is 0 Å². The number of imidazole rings is 1. The Morgan fingerprint density at radius 2 is 1.77 bits per heavy atom. The van der Waals surface area contributed by atoms with Crippen LogP contribution in [0, 0.1) is 17.0 Å². The lowest BCUT2D eigenvalue weighted by molar-refractivity contribution is -0.899. The standard InChI is InChI=1S/C16H13N3O3/c1-11-15(12-6-3-2-4-7-12)17-16(18(11)20)13-8-5-9-14(10-13)19(21)22/h2-10,20H,1H3/p+1. The van der Waals surface area contributed by atoms with Crippen molar-refractivity contribution in [1.82, 2.24) is 4.98 Å². The van der Waals surface area contributed by atoms with E-state index in [0.717, 1.165) is 16.0 Å². The first-order chi connectivity index (χ1) is 10.6. The number of rotatable bonds is 3. The van der Waals surface area contributed by atoms with E-state index in [1.807, 2.05) is 30.3 Å². The highest BCUT2D eigenvalue weighted by molar-refractivity contribution is 5.65. The van der Waals surface area contributed by atoms with E-state index in [2.05, 4.69) is 4.98 Å². The van der Waals surface area contributed by atoms with Crippen molar-refractivity contribution in [3.63, 3.8) is 0 Å². The Labute approximate surface area is 126 Å². The second kappa shape index (κ2) is 5.33. The fraction of sp³-hybridized carbons (Fsp3) is 0.0625. The van der Waals surface area contributed by atoms with E-state index in [1.165, 1.54) is 12.1 Å². The molecule has 110 valence electrons. The van der Waals surface area contributed by atoms with Crippen molar-refractivity contribution in [3.05, 3.63) is 70.4 Å².